The Morgan fingerprint density at radius 2 is 1.65 bits per heavy atom. The molecule has 0 aliphatic heterocycles. The van der Waals surface area contributed by atoms with Crippen LogP contribution in [0.25, 0.3) is 0 Å². The van der Waals surface area contributed by atoms with Gasteiger partial charge in [-0.05, 0) is 13.3 Å². The maximum absolute atomic E-state index is 10.7. The first-order valence-electron chi connectivity index (χ1n) is 7.10. The molecule has 2 atom stereocenters. The van der Waals surface area contributed by atoms with Crippen LogP contribution in [0.4, 0.5) is 0 Å². The fourth-order valence-electron chi connectivity index (χ4n) is 1.98. The van der Waals surface area contributed by atoms with Crippen LogP contribution in [-0.2, 0) is 14.9 Å². The fourth-order valence-corrected chi connectivity index (χ4v) is 2.63. The zero-order valence-corrected chi connectivity index (χ0v) is 12.9. The van der Waals surface area contributed by atoms with Gasteiger partial charge in [-0.2, -0.15) is 8.42 Å². The third-order valence-electron chi connectivity index (χ3n) is 2.99. The van der Waals surface area contributed by atoms with Crippen LogP contribution in [0.2, 0.25) is 0 Å². The number of hydrogen-bond acceptors (Lipinski definition) is 4. The summed E-state index contributed by atoms with van der Waals surface area (Å²) in [5.74, 6) is -0.551. The van der Waals surface area contributed by atoms with Gasteiger partial charge in [0.2, 0.25) is 0 Å². The van der Waals surface area contributed by atoms with Crippen LogP contribution in [0, 0.1) is 0 Å². The summed E-state index contributed by atoms with van der Waals surface area (Å²) >= 11 is 0. The second-order valence-corrected chi connectivity index (χ2v) is 6.55. The van der Waals surface area contributed by atoms with E-state index in [4.69, 9.17) is 14.4 Å². The zero-order chi connectivity index (χ0) is 14.7. The van der Waals surface area contributed by atoms with Crippen molar-refractivity contribution >= 4 is 39.7 Å². The first-order valence-corrected chi connectivity index (χ1v) is 8.71. The second kappa shape index (κ2) is 13.5. The van der Waals surface area contributed by atoms with Crippen molar-refractivity contribution in [3.05, 3.63) is 0 Å². The maximum atomic E-state index is 10.7. The van der Waals surface area contributed by atoms with Gasteiger partial charge in [0, 0.05) is 0 Å². The Labute approximate surface area is 145 Å². The molecule has 2 N–H and O–H groups in total. The van der Waals surface area contributed by atoms with E-state index < -0.39 is 28.6 Å². The Hall–Kier alpha value is 0.830. The Balaban J connectivity index is 0. The van der Waals surface area contributed by atoms with E-state index in [1.54, 1.807) is 0 Å². The minimum atomic E-state index is -4.10. The quantitative estimate of drug-likeness (QED) is 0.325. The van der Waals surface area contributed by atoms with Crippen LogP contribution in [0.15, 0.2) is 0 Å². The molecular formula is C13H29NaO5S. The molecule has 0 radical (unpaired) electrons. The van der Waals surface area contributed by atoms with Crippen molar-refractivity contribution < 1.29 is 22.8 Å². The van der Waals surface area contributed by atoms with Gasteiger partial charge in [0.05, 0.1) is 18.8 Å². The van der Waals surface area contributed by atoms with E-state index in [2.05, 4.69) is 6.92 Å². The summed E-state index contributed by atoms with van der Waals surface area (Å²) in [6.45, 7) is 3.64. The summed E-state index contributed by atoms with van der Waals surface area (Å²) in [6, 6.07) is 0. The van der Waals surface area contributed by atoms with Crippen LogP contribution in [0.5, 0.6) is 0 Å². The molecule has 5 nitrogen and oxygen atoms in total. The number of unbranched alkanes of at least 4 members (excludes halogenated alkanes) is 5. The minimum absolute atomic E-state index is 0. The van der Waals surface area contributed by atoms with Crippen molar-refractivity contribution in [3.8, 4) is 0 Å². The molecule has 118 valence electrons. The molecule has 0 amide bonds. The monoisotopic (exact) mass is 320 g/mol. The predicted molar refractivity (Wildman–Crippen MR) is 83.0 cm³/mol. The number of aliphatic hydroxyl groups is 1. The van der Waals surface area contributed by atoms with Gasteiger partial charge in [0.15, 0.2) is 0 Å². The molecule has 0 saturated heterocycles. The van der Waals surface area contributed by atoms with Gasteiger partial charge in [-0.1, -0.05) is 45.4 Å². The normalized spacial score (nSPS) is 14.6. The van der Waals surface area contributed by atoms with E-state index in [9.17, 15) is 8.42 Å². The molecule has 0 heterocycles. The summed E-state index contributed by atoms with van der Waals surface area (Å²) in [5, 5.41) is 9.01. The van der Waals surface area contributed by atoms with Crippen molar-refractivity contribution in [1.82, 2.24) is 0 Å². The Bertz CT molecular complexity index is 308. The zero-order valence-electron chi connectivity index (χ0n) is 12.0. The molecule has 7 heteroatoms. The SMILES string of the molecule is CCCCCCCCC(C)OC(CO)CS(=O)(=O)O.[NaH]. The third kappa shape index (κ3) is 15.2. The molecule has 0 aromatic carbocycles. The molecule has 0 fully saturated rings. The number of rotatable bonds is 12. The molecule has 20 heavy (non-hydrogen) atoms. The average Bonchev–Trinajstić information content (AvgIpc) is 2.31. The van der Waals surface area contributed by atoms with Crippen molar-refractivity contribution in [3.63, 3.8) is 0 Å². The van der Waals surface area contributed by atoms with E-state index in [-0.39, 0.29) is 35.7 Å². The summed E-state index contributed by atoms with van der Waals surface area (Å²) in [4.78, 5) is 0. The number of aliphatic hydroxyl groups excluding tert-OH is 1. The van der Waals surface area contributed by atoms with Crippen molar-refractivity contribution in [2.45, 2.75) is 71.0 Å². The molecule has 0 rings (SSSR count). The number of ether oxygens (including phenoxy) is 1. The van der Waals surface area contributed by atoms with Crippen LogP contribution < -0.4 is 0 Å². The van der Waals surface area contributed by atoms with E-state index in [0.717, 1.165) is 19.3 Å². The average molecular weight is 320 g/mol. The van der Waals surface area contributed by atoms with Gasteiger partial charge in [-0.15, -0.1) is 0 Å². The van der Waals surface area contributed by atoms with Crippen LogP contribution in [0.3, 0.4) is 0 Å². The molecule has 0 aliphatic rings. The van der Waals surface area contributed by atoms with Gasteiger partial charge in [0.25, 0.3) is 10.1 Å². The predicted octanol–water partition coefficient (Wildman–Crippen LogP) is 1.74. The molecule has 0 aliphatic carbocycles. The van der Waals surface area contributed by atoms with E-state index in [1.807, 2.05) is 6.92 Å². The molecule has 0 bridgehead atoms. The molecular weight excluding hydrogens is 291 g/mol. The summed E-state index contributed by atoms with van der Waals surface area (Å²) in [6.07, 6.45) is 7.05. The third-order valence-corrected chi connectivity index (χ3v) is 3.78. The second-order valence-electron chi connectivity index (χ2n) is 5.06. The fraction of sp³-hybridized carbons (Fsp3) is 1.00. The first-order chi connectivity index (χ1) is 8.89. The Morgan fingerprint density at radius 1 is 1.10 bits per heavy atom. The van der Waals surface area contributed by atoms with Gasteiger partial charge >= 0.3 is 29.6 Å². The topological polar surface area (TPSA) is 83.8 Å². The standard InChI is InChI=1S/C13H28O5S.Na.H/c1-3-4-5-6-7-8-9-12(2)18-13(10-14)11-19(15,16)17;;/h12-14H,3-11H2,1-2H3,(H,15,16,17);;. The van der Waals surface area contributed by atoms with Crippen LogP contribution >= 0.6 is 0 Å². The summed E-state index contributed by atoms with van der Waals surface area (Å²) < 4.78 is 35.5. The van der Waals surface area contributed by atoms with E-state index in [1.165, 1.54) is 25.7 Å². The molecule has 0 spiro atoms. The Kier molecular flexibility index (Phi) is 15.6. The molecule has 2 unspecified atom stereocenters. The van der Waals surface area contributed by atoms with E-state index in [0.29, 0.717) is 0 Å². The number of hydrogen-bond donors (Lipinski definition) is 2. The van der Waals surface area contributed by atoms with Crippen molar-refractivity contribution in [2.75, 3.05) is 12.4 Å². The summed E-state index contributed by atoms with van der Waals surface area (Å²) in [7, 11) is -4.10. The van der Waals surface area contributed by atoms with Gasteiger partial charge in [-0.3, -0.25) is 4.55 Å². The van der Waals surface area contributed by atoms with E-state index >= 15 is 0 Å². The summed E-state index contributed by atoms with van der Waals surface area (Å²) in [5.41, 5.74) is 0. The van der Waals surface area contributed by atoms with Crippen LogP contribution in [-0.4, -0.2) is 72.2 Å². The molecule has 0 saturated carbocycles. The molecule has 0 aromatic rings. The molecule has 0 aromatic heterocycles. The van der Waals surface area contributed by atoms with Crippen molar-refractivity contribution in [2.24, 2.45) is 0 Å². The van der Waals surface area contributed by atoms with Crippen LogP contribution in [0.1, 0.15) is 58.8 Å². The van der Waals surface area contributed by atoms with Gasteiger partial charge in [-0.25, -0.2) is 0 Å². The van der Waals surface area contributed by atoms with Gasteiger partial charge in [0.1, 0.15) is 5.75 Å². The first kappa shape index (κ1) is 23.1. The van der Waals surface area contributed by atoms with Crippen molar-refractivity contribution in [1.29, 1.82) is 0 Å². The Morgan fingerprint density at radius 3 is 2.15 bits per heavy atom. The van der Waals surface area contributed by atoms with Gasteiger partial charge < -0.3 is 9.84 Å².